The zero-order valence-corrected chi connectivity index (χ0v) is 13.7. The van der Waals surface area contributed by atoms with Crippen LogP contribution in [0.25, 0.3) is 16.6 Å². The third-order valence-corrected chi connectivity index (χ3v) is 5.27. The van der Waals surface area contributed by atoms with Gasteiger partial charge in [-0.05, 0) is 30.9 Å². The third-order valence-electron chi connectivity index (χ3n) is 5.27. The van der Waals surface area contributed by atoms with Gasteiger partial charge in [-0.1, -0.05) is 18.9 Å². The molecule has 0 amide bonds. The van der Waals surface area contributed by atoms with E-state index in [2.05, 4.69) is 44.3 Å². The highest BCUT2D eigenvalue weighted by Gasteiger charge is 2.29. The van der Waals surface area contributed by atoms with Crippen molar-refractivity contribution in [1.29, 1.82) is 5.26 Å². The van der Waals surface area contributed by atoms with E-state index in [1.807, 2.05) is 12.3 Å². The summed E-state index contributed by atoms with van der Waals surface area (Å²) in [7, 11) is 0. The minimum absolute atomic E-state index is 0.337. The van der Waals surface area contributed by atoms with Crippen molar-refractivity contribution >= 4 is 16.6 Å². The fraction of sp³-hybridized carbons (Fsp3) is 0.421. The smallest absolute Gasteiger partial charge is 0.141 e. The number of hydrogen-bond donors (Lipinski definition) is 1. The summed E-state index contributed by atoms with van der Waals surface area (Å²) in [5.41, 5.74) is 2.96. The minimum atomic E-state index is 0.337. The van der Waals surface area contributed by atoms with Crippen molar-refractivity contribution in [1.82, 2.24) is 19.9 Å². The summed E-state index contributed by atoms with van der Waals surface area (Å²) in [6.07, 6.45) is 15.7. The Labute approximate surface area is 141 Å². The van der Waals surface area contributed by atoms with Crippen molar-refractivity contribution in [2.24, 2.45) is 5.92 Å². The molecule has 1 atom stereocenters. The Kier molecular flexibility index (Phi) is 4.04. The number of aromatic amines is 1. The maximum atomic E-state index is 9.22. The summed E-state index contributed by atoms with van der Waals surface area (Å²) < 4.78 is 0. The zero-order chi connectivity index (χ0) is 16.4. The second-order valence-electron chi connectivity index (χ2n) is 6.61. The maximum absolute atomic E-state index is 9.22. The fourth-order valence-electron chi connectivity index (χ4n) is 4.02. The maximum Gasteiger partial charge on any atom is 0.141 e. The first-order chi connectivity index (χ1) is 11.9. The molecule has 1 aliphatic heterocycles. The average molecular weight is 319 g/mol. The Morgan fingerprint density at radius 3 is 2.96 bits per heavy atom. The van der Waals surface area contributed by atoms with Crippen LogP contribution in [0.1, 0.15) is 37.8 Å². The molecule has 2 aromatic heterocycles. The van der Waals surface area contributed by atoms with E-state index in [0.717, 1.165) is 28.8 Å². The molecule has 5 nitrogen and oxygen atoms in total. The molecule has 0 unspecified atom stereocenters. The van der Waals surface area contributed by atoms with Gasteiger partial charge in [0.1, 0.15) is 12.0 Å². The summed E-state index contributed by atoms with van der Waals surface area (Å²) in [5.74, 6) is 0.652. The molecule has 0 spiro atoms. The van der Waals surface area contributed by atoms with Crippen molar-refractivity contribution in [2.75, 3.05) is 6.54 Å². The van der Waals surface area contributed by atoms with E-state index in [1.165, 1.54) is 25.7 Å². The number of nitrogens with one attached hydrogen (secondary N) is 1. The van der Waals surface area contributed by atoms with Crippen molar-refractivity contribution < 1.29 is 0 Å². The molecule has 1 fully saturated rings. The molecule has 0 aromatic carbocycles. The Morgan fingerprint density at radius 2 is 2.21 bits per heavy atom. The largest absolute Gasteiger partial charge is 0.369 e. The predicted octanol–water partition coefficient (Wildman–Crippen LogP) is 3.64. The second kappa shape index (κ2) is 6.48. The topological polar surface area (TPSA) is 68.6 Å². The van der Waals surface area contributed by atoms with Gasteiger partial charge in [-0.25, -0.2) is 9.97 Å². The van der Waals surface area contributed by atoms with Crippen LogP contribution in [0.2, 0.25) is 0 Å². The van der Waals surface area contributed by atoms with Gasteiger partial charge in [-0.15, -0.1) is 0 Å². The number of fused-ring (bicyclic) bond motifs is 1. The van der Waals surface area contributed by atoms with Gasteiger partial charge < -0.3 is 9.88 Å². The summed E-state index contributed by atoms with van der Waals surface area (Å²) in [4.78, 5) is 14.2. The number of H-pyrrole nitrogens is 1. The fourth-order valence-corrected chi connectivity index (χ4v) is 4.02. The SMILES string of the molecule is N#CC[C@H](C1CCCC1)N1C=CC(c2ncnc3[nH]ccc23)=CC1. The van der Waals surface area contributed by atoms with E-state index in [4.69, 9.17) is 0 Å². The standard InChI is InChI=1S/C19H21N5/c20-9-5-17(14-3-1-2-4-14)24-11-7-15(8-12-24)18-16-6-10-21-19(16)23-13-22-18/h6-8,10-11,13-14,17H,1-5,12H2,(H,21,22,23)/t17-/m1/s1. The molecular formula is C19H21N5. The Hall–Kier alpha value is -2.61. The van der Waals surface area contributed by atoms with Gasteiger partial charge in [0, 0.05) is 35.9 Å². The molecule has 24 heavy (non-hydrogen) atoms. The molecule has 3 heterocycles. The van der Waals surface area contributed by atoms with Gasteiger partial charge in [0.2, 0.25) is 0 Å². The third kappa shape index (κ3) is 2.69. The number of nitriles is 1. The molecule has 0 bridgehead atoms. The molecule has 1 aliphatic carbocycles. The first-order valence-electron chi connectivity index (χ1n) is 8.66. The van der Waals surface area contributed by atoms with Crippen LogP contribution >= 0.6 is 0 Å². The average Bonchev–Trinajstić information content (AvgIpc) is 3.31. The molecule has 4 rings (SSSR count). The first kappa shape index (κ1) is 14.9. The Balaban J connectivity index is 1.56. The van der Waals surface area contributed by atoms with E-state index in [9.17, 15) is 5.26 Å². The van der Waals surface area contributed by atoms with Crippen LogP contribution < -0.4 is 0 Å². The highest BCUT2D eigenvalue weighted by atomic mass is 15.1. The van der Waals surface area contributed by atoms with Gasteiger partial charge in [0.15, 0.2) is 0 Å². The van der Waals surface area contributed by atoms with Crippen molar-refractivity contribution in [3.63, 3.8) is 0 Å². The van der Waals surface area contributed by atoms with Crippen LogP contribution in [-0.4, -0.2) is 32.4 Å². The lowest BCUT2D eigenvalue weighted by Crippen LogP contribution is -2.37. The molecule has 1 N–H and O–H groups in total. The van der Waals surface area contributed by atoms with Crippen molar-refractivity contribution in [3.05, 3.63) is 42.6 Å². The van der Waals surface area contributed by atoms with Crippen LogP contribution in [0, 0.1) is 17.2 Å². The number of rotatable bonds is 4. The molecule has 2 aliphatic rings. The van der Waals surface area contributed by atoms with E-state index in [1.54, 1.807) is 6.33 Å². The number of allylic oxidation sites excluding steroid dienone is 2. The zero-order valence-electron chi connectivity index (χ0n) is 13.7. The van der Waals surface area contributed by atoms with E-state index in [0.29, 0.717) is 18.4 Å². The van der Waals surface area contributed by atoms with Crippen molar-refractivity contribution in [2.45, 2.75) is 38.1 Å². The summed E-state index contributed by atoms with van der Waals surface area (Å²) in [6.45, 7) is 0.838. The van der Waals surface area contributed by atoms with Crippen molar-refractivity contribution in [3.8, 4) is 6.07 Å². The molecule has 1 saturated carbocycles. The van der Waals surface area contributed by atoms with Crippen LogP contribution in [0.5, 0.6) is 0 Å². The van der Waals surface area contributed by atoms with Gasteiger partial charge in [0.05, 0.1) is 18.2 Å². The van der Waals surface area contributed by atoms with Crippen LogP contribution in [-0.2, 0) is 0 Å². The summed E-state index contributed by atoms with van der Waals surface area (Å²) >= 11 is 0. The number of aromatic nitrogens is 3. The van der Waals surface area contributed by atoms with Gasteiger partial charge >= 0.3 is 0 Å². The Bertz CT molecular complexity index is 820. The monoisotopic (exact) mass is 319 g/mol. The molecule has 0 saturated heterocycles. The highest BCUT2D eigenvalue weighted by molar-refractivity contribution is 5.91. The predicted molar refractivity (Wildman–Crippen MR) is 93.7 cm³/mol. The van der Waals surface area contributed by atoms with E-state index in [-0.39, 0.29) is 0 Å². The lowest BCUT2D eigenvalue weighted by atomic mass is 9.93. The summed E-state index contributed by atoms with van der Waals surface area (Å²) in [6, 6.07) is 4.74. The lowest BCUT2D eigenvalue weighted by molar-refractivity contribution is 0.219. The van der Waals surface area contributed by atoms with Crippen LogP contribution in [0.4, 0.5) is 0 Å². The summed E-state index contributed by atoms with van der Waals surface area (Å²) in [5, 5.41) is 10.3. The van der Waals surface area contributed by atoms with Crippen LogP contribution in [0.3, 0.4) is 0 Å². The van der Waals surface area contributed by atoms with E-state index < -0.39 is 0 Å². The molecule has 0 radical (unpaired) electrons. The van der Waals surface area contributed by atoms with Gasteiger partial charge in [-0.3, -0.25) is 0 Å². The lowest BCUT2D eigenvalue weighted by Gasteiger charge is -2.34. The molecule has 122 valence electrons. The number of nitrogens with zero attached hydrogens (tertiary/aromatic N) is 4. The minimum Gasteiger partial charge on any atom is -0.369 e. The number of hydrogen-bond acceptors (Lipinski definition) is 4. The highest BCUT2D eigenvalue weighted by Crippen LogP contribution is 2.33. The quantitative estimate of drug-likeness (QED) is 0.934. The van der Waals surface area contributed by atoms with E-state index >= 15 is 0 Å². The molecular weight excluding hydrogens is 298 g/mol. The second-order valence-corrected chi connectivity index (χ2v) is 6.61. The van der Waals surface area contributed by atoms with Crippen LogP contribution in [0.15, 0.2) is 36.9 Å². The molecule has 2 aromatic rings. The molecule has 5 heteroatoms. The van der Waals surface area contributed by atoms with Gasteiger partial charge in [0.25, 0.3) is 0 Å². The van der Waals surface area contributed by atoms with Gasteiger partial charge in [-0.2, -0.15) is 5.26 Å². The first-order valence-corrected chi connectivity index (χ1v) is 8.66. The Morgan fingerprint density at radius 1 is 1.33 bits per heavy atom. The normalized spacial score (nSPS) is 19.5.